The second-order valence-corrected chi connectivity index (χ2v) is 6.09. The molecule has 2 heterocycles. The Morgan fingerprint density at radius 2 is 2.25 bits per heavy atom. The van der Waals surface area contributed by atoms with E-state index in [2.05, 4.69) is 20.3 Å². The van der Waals surface area contributed by atoms with E-state index in [1.807, 2.05) is 18.2 Å². The molecule has 2 aromatic rings. The zero-order valence-corrected chi connectivity index (χ0v) is 14.3. The largest absolute Gasteiger partial charge is 0.370 e. The van der Waals surface area contributed by atoms with E-state index in [0.29, 0.717) is 28.1 Å². The molecule has 0 saturated carbocycles. The van der Waals surface area contributed by atoms with Crippen molar-refractivity contribution in [3.05, 3.63) is 50.6 Å². The molecule has 0 saturated heterocycles. The standard InChI is InChI=1S/C13H15N7O2S2/c1-23-11(6-20(21)22)16-5-8-3-2-4-9(17-8)10-7-24-13(18-10)19-12(14)15/h2-4,6-7,16H,5H2,1H3,(H4,14,15,18,19)/b11-6+. The van der Waals surface area contributed by atoms with E-state index in [1.165, 1.54) is 23.1 Å². The van der Waals surface area contributed by atoms with E-state index in [-0.39, 0.29) is 5.96 Å². The molecule has 126 valence electrons. The Bertz CT molecular complexity index is 784. The first kappa shape index (κ1) is 17.7. The summed E-state index contributed by atoms with van der Waals surface area (Å²) in [4.78, 5) is 22.7. The molecule has 24 heavy (non-hydrogen) atoms. The molecule has 0 atom stereocenters. The summed E-state index contributed by atoms with van der Waals surface area (Å²) < 4.78 is 0. The topological polar surface area (TPSA) is 145 Å². The van der Waals surface area contributed by atoms with Gasteiger partial charge in [-0.25, -0.2) is 9.97 Å². The molecule has 5 N–H and O–H groups in total. The number of nitrogens with one attached hydrogen (secondary N) is 1. The summed E-state index contributed by atoms with van der Waals surface area (Å²) in [6.45, 7) is 0.360. The smallest absolute Gasteiger partial charge is 0.263 e. The Morgan fingerprint density at radius 3 is 2.92 bits per heavy atom. The summed E-state index contributed by atoms with van der Waals surface area (Å²) in [5, 5.41) is 16.2. The summed E-state index contributed by atoms with van der Waals surface area (Å²) in [7, 11) is 0. The quantitative estimate of drug-likeness (QED) is 0.290. The zero-order valence-electron chi connectivity index (χ0n) is 12.7. The third-order valence-electron chi connectivity index (χ3n) is 2.67. The van der Waals surface area contributed by atoms with E-state index >= 15 is 0 Å². The average molecular weight is 365 g/mol. The van der Waals surface area contributed by atoms with Gasteiger partial charge >= 0.3 is 0 Å². The number of hydrogen-bond acceptors (Lipinski definition) is 8. The van der Waals surface area contributed by atoms with Crippen LogP contribution >= 0.6 is 23.1 Å². The van der Waals surface area contributed by atoms with Gasteiger partial charge in [-0.3, -0.25) is 10.1 Å². The number of guanidine groups is 1. The van der Waals surface area contributed by atoms with Gasteiger partial charge < -0.3 is 16.8 Å². The lowest BCUT2D eigenvalue weighted by Gasteiger charge is -2.06. The van der Waals surface area contributed by atoms with Gasteiger partial charge in [0.2, 0.25) is 5.13 Å². The summed E-state index contributed by atoms with van der Waals surface area (Å²) >= 11 is 2.56. The van der Waals surface area contributed by atoms with E-state index in [1.54, 1.807) is 11.6 Å². The minimum absolute atomic E-state index is 0.0519. The maximum atomic E-state index is 10.5. The molecule has 9 nitrogen and oxygen atoms in total. The lowest BCUT2D eigenvalue weighted by Crippen LogP contribution is -2.21. The molecular formula is C13H15N7O2S2. The monoisotopic (exact) mass is 365 g/mol. The number of nitrogens with zero attached hydrogens (tertiary/aromatic N) is 4. The molecule has 0 spiro atoms. The normalized spacial score (nSPS) is 11.1. The van der Waals surface area contributed by atoms with Crippen molar-refractivity contribution in [1.29, 1.82) is 0 Å². The number of aromatic nitrogens is 2. The first-order valence-corrected chi connectivity index (χ1v) is 8.73. The van der Waals surface area contributed by atoms with Crippen molar-refractivity contribution in [2.75, 3.05) is 6.26 Å². The lowest BCUT2D eigenvalue weighted by atomic mass is 10.2. The van der Waals surface area contributed by atoms with Crippen molar-refractivity contribution >= 4 is 34.2 Å². The number of nitro groups is 1. The molecule has 2 aromatic heterocycles. The fraction of sp³-hybridized carbons (Fsp3) is 0.154. The second kappa shape index (κ2) is 8.26. The van der Waals surface area contributed by atoms with Gasteiger partial charge in [0.15, 0.2) is 5.96 Å². The highest BCUT2D eigenvalue weighted by Gasteiger charge is 2.07. The van der Waals surface area contributed by atoms with Crippen molar-refractivity contribution in [3.8, 4) is 11.4 Å². The van der Waals surface area contributed by atoms with Crippen LogP contribution in [0.25, 0.3) is 11.4 Å². The van der Waals surface area contributed by atoms with Crippen LogP contribution in [0.4, 0.5) is 5.13 Å². The minimum atomic E-state index is -0.497. The molecule has 0 amide bonds. The van der Waals surface area contributed by atoms with Crippen molar-refractivity contribution in [1.82, 2.24) is 15.3 Å². The van der Waals surface area contributed by atoms with E-state index in [0.717, 1.165) is 11.9 Å². The third kappa shape index (κ3) is 5.21. The maximum Gasteiger partial charge on any atom is 0.263 e. The van der Waals surface area contributed by atoms with Gasteiger partial charge in [-0.05, 0) is 18.4 Å². The van der Waals surface area contributed by atoms with Gasteiger partial charge in [0.25, 0.3) is 6.20 Å². The number of pyridine rings is 1. The molecule has 0 unspecified atom stereocenters. The van der Waals surface area contributed by atoms with Crippen LogP contribution in [0.5, 0.6) is 0 Å². The summed E-state index contributed by atoms with van der Waals surface area (Å²) in [5.41, 5.74) is 12.7. The fourth-order valence-corrected chi connectivity index (χ4v) is 2.82. The first-order chi connectivity index (χ1) is 11.5. The highest BCUT2D eigenvalue weighted by molar-refractivity contribution is 8.02. The Hall–Kier alpha value is -2.66. The van der Waals surface area contributed by atoms with Crippen molar-refractivity contribution < 1.29 is 4.92 Å². The van der Waals surface area contributed by atoms with Gasteiger partial charge in [0.05, 0.1) is 22.9 Å². The van der Waals surface area contributed by atoms with Crippen molar-refractivity contribution in [3.63, 3.8) is 0 Å². The third-order valence-corrected chi connectivity index (χ3v) is 4.10. The lowest BCUT2D eigenvalue weighted by molar-refractivity contribution is -0.403. The van der Waals surface area contributed by atoms with Crippen LogP contribution in [0, 0.1) is 10.1 Å². The zero-order chi connectivity index (χ0) is 17.5. The number of thioether (sulfide) groups is 1. The number of rotatable bonds is 7. The molecule has 11 heteroatoms. The van der Waals surface area contributed by atoms with Crippen LogP contribution < -0.4 is 16.8 Å². The van der Waals surface area contributed by atoms with Gasteiger partial charge in [0.1, 0.15) is 10.7 Å². The molecule has 2 rings (SSSR count). The summed E-state index contributed by atoms with van der Waals surface area (Å²) in [6.07, 6.45) is 2.68. The predicted octanol–water partition coefficient (Wildman–Crippen LogP) is 1.64. The fourth-order valence-electron chi connectivity index (χ4n) is 1.71. The number of thiazole rings is 1. The average Bonchev–Trinajstić information content (AvgIpc) is 2.99. The Labute approximate surface area is 146 Å². The summed E-state index contributed by atoms with van der Waals surface area (Å²) in [6, 6.07) is 5.49. The number of hydrogen-bond donors (Lipinski definition) is 3. The van der Waals surface area contributed by atoms with Crippen molar-refractivity contribution in [2.45, 2.75) is 6.54 Å². The molecule has 0 aliphatic heterocycles. The Balaban J connectivity index is 2.13. The number of aliphatic imine (C=N–C) groups is 1. The SMILES string of the molecule is CS/C(=C/[N+](=O)[O-])NCc1cccc(-c2csc(N=C(N)N)n2)n1. The van der Waals surface area contributed by atoms with Gasteiger partial charge in [-0.1, -0.05) is 6.07 Å². The molecule has 0 aliphatic carbocycles. The highest BCUT2D eigenvalue weighted by atomic mass is 32.2. The Morgan fingerprint density at radius 1 is 1.46 bits per heavy atom. The molecule has 0 aliphatic rings. The Kier molecular flexibility index (Phi) is 6.09. The first-order valence-electron chi connectivity index (χ1n) is 6.62. The molecule has 0 aromatic carbocycles. The van der Waals surface area contributed by atoms with Gasteiger partial charge in [-0.2, -0.15) is 4.99 Å². The van der Waals surface area contributed by atoms with E-state index in [4.69, 9.17) is 11.5 Å². The van der Waals surface area contributed by atoms with Crippen LogP contribution in [0.2, 0.25) is 0 Å². The van der Waals surface area contributed by atoms with Crippen LogP contribution in [-0.2, 0) is 6.54 Å². The number of nitrogens with two attached hydrogens (primary N) is 2. The minimum Gasteiger partial charge on any atom is -0.370 e. The molecule has 0 fully saturated rings. The molecule has 0 bridgehead atoms. The summed E-state index contributed by atoms with van der Waals surface area (Å²) in [5.74, 6) is -0.0519. The molecular weight excluding hydrogens is 350 g/mol. The highest BCUT2D eigenvalue weighted by Crippen LogP contribution is 2.25. The second-order valence-electron chi connectivity index (χ2n) is 4.40. The van der Waals surface area contributed by atoms with E-state index in [9.17, 15) is 10.1 Å². The molecule has 0 radical (unpaired) electrons. The maximum absolute atomic E-state index is 10.5. The van der Waals surface area contributed by atoms with Crippen LogP contribution in [0.15, 0.2) is 39.8 Å². The van der Waals surface area contributed by atoms with Crippen LogP contribution in [0.3, 0.4) is 0 Å². The van der Waals surface area contributed by atoms with Crippen LogP contribution in [-0.4, -0.2) is 27.1 Å². The predicted molar refractivity (Wildman–Crippen MR) is 96.2 cm³/mol. The van der Waals surface area contributed by atoms with E-state index < -0.39 is 4.92 Å². The van der Waals surface area contributed by atoms with Gasteiger partial charge in [0, 0.05) is 5.38 Å². The van der Waals surface area contributed by atoms with Gasteiger partial charge in [-0.15, -0.1) is 23.1 Å². The van der Waals surface area contributed by atoms with Crippen LogP contribution in [0.1, 0.15) is 5.69 Å². The van der Waals surface area contributed by atoms with Crippen molar-refractivity contribution in [2.24, 2.45) is 16.5 Å².